The fraction of sp³-hybridized carbons (Fsp3) is 0.438. The number of nitrogens with one attached hydrogen (secondary N) is 1. The second-order valence-corrected chi connectivity index (χ2v) is 5.50. The number of nitrogens with zero attached hydrogens (tertiary/aromatic N) is 2. The number of amides is 1. The number of carbonyl (C=O) groups is 1. The molecule has 0 bridgehead atoms. The molecule has 1 amide bonds. The minimum Gasteiger partial charge on any atom is -0.486 e. The van der Waals surface area contributed by atoms with Crippen LogP contribution < -0.4 is 10.1 Å². The highest BCUT2D eigenvalue weighted by atomic mass is 16.5. The molecule has 7 nitrogen and oxygen atoms in total. The van der Waals surface area contributed by atoms with Crippen molar-refractivity contribution in [3.63, 3.8) is 0 Å². The minimum absolute atomic E-state index is 0.180. The maximum Gasteiger partial charge on any atom is 0.289 e. The number of oxazole rings is 1. The summed E-state index contributed by atoms with van der Waals surface area (Å²) in [6.45, 7) is 4.63. The summed E-state index contributed by atoms with van der Waals surface area (Å²) in [5, 5.41) is 2.90. The van der Waals surface area contributed by atoms with Crippen LogP contribution >= 0.6 is 0 Å². The Morgan fingerprint density at radius 2 is 2.22 bits per heavy atom. The summed E-state index contributed by atoms with van der Waals surface area (Å²) in [4.78, 5) is 20.4. The van der Waals surface area contributed by atoms with Crippen LogP contribution in [0.25, 0.3) is 0 Å². The Morgan fingerprint density at radius 3 is 2.91 bits per heavy atom. The summed E-state index contributed by atoms with van der Waals surface area (Å²) in [6, 6.07) is 3.50. The summed E-state index contributed by atoms with van der Waals surface area (Å²) in [7, 11) is 0. The molecule has 0 spiro atoms. The first kappa shape index (κ1) is 15.5. The summed E-state index contributed by atoms with van der Waals surface area (Å²) in [5.74, 6) is 0.579. The van der Waals surface area contributed by atoms with Gasteiger partial charge in [-0.1, -0.05) is 0 Å². The van der Waals surface area contributed by atoms with Crippen molar-refractivity contribution in [1.82, 2.24) is 15.3 Å². The maximum atomic E-state index is 12.3. The van der Waals surface area contributed by atoms with E-state index in [1.165, 1.54) is 6.39 Å². The van der Waals surface area contributed by atoms with Crippen LogP contribution in [-0.4, -0.2) is 41.2 Å². The van der Waals surface area contributed by atoms with E-state index >= 15 is 0 Å². The topological polar surface area (TPSA) is 86.5 Å². The lowest BCUT2D eigenvalue weighted by molar-refractivity contribution is -0.00335. The highest BCUT2D eigenvalue weighted by molar-refractivity contribution is 5.92. The number of pyridine rings is 1. The molecule has 1 aliphatic rings. The summed E-state index contributed by atoms with van der Waals surface area (Å²) in [5.41, 5.74) is 1.48. The number of hydrogen-bond donors (Lipinski definition) is 1. The fourth-order valence-corrected chi connectivity index (χ4v) is 2.45. The zero-order chi connectivity index (χ0) is 16.2. The van der Waals surface area contributed by atoms with Crippen LogP contribution in [0.3, 0.4) is 0 Å². The zero-order valence-corrected chi connectivity index (χ0v) is 13.1. The molecular formula is C16H19N3O4. The molecule has 1 aliphatic heterocycles. The van der Waals surface area contributed by atoms with Gasteiger partial charge in [0.05, 0.1) is 31.1 Å². The van der Waals surface area contributed by atoms with Crippen LogP contribution in [0.1, 0.15) is 28.4 Å². The van der Waals surface area contributed by atoms with Crippen LogP contribution in [0.5, 0.6) is 5.75 Å². The van der Waals surface area contributed by atoms with Gasteiger partial charge < -0.3 is 19.2 Å². The first-order valence-electron chi connectivity index (χ1n) is 7.51. The smallest absolute Gasteiger partial charge is 0.289 e. The largest absolute Gasteiger partial charge is 0.486 e. The number of aromatic nitrogens is 2. The van der Waals surface area contributed by atoms with Gasteiger partial charge in [0.15, 0.2) is 6.39 Å². The van der Waals surface area contributed by atoms with Crippen LogP contribution in [0, 0.1) is 13.8 Å². The van der Waals surface area contributed by atoms with Gasteiger partial charge >= 0.3 is 0 Å². The van der Waals surface area contributed by atoms with E-state index in [9.17, 15) is 4.79 Å². The molecule has 3 heterocycles. The normalized spacial score (nSPS) is 21.0. The second-order valence-electron chi connectivity index (χ2n) is 5.50. The van der Waals surface area contributed by atoms with Crippen molar-refractivity contribution in [2.45, 2.75) is 32.4 Å². The van der Waals surface area contributed by atoms with E-state index in [0.29, 0.717) is 31.1 Å². The molecule has 0 saturated carbocycles. The van der Waals surface area contributed by atoms with E-state index in [2.05, 4.69) is 15.3 Å². The predicted octanol–water partition coefficient (Wildman–Crippen LogP) is 1.65. The standard InChI is InChI=1S/C16H19N3O4/c1-10-3-4-12(7-17-10)23-14-5-6-21-8-13(14)19-16(20)15-11(2)18-9-22-15/h3-4,7,9,13-14H,5-6,8H2,1-2H3,(H,19,20)/t13-,14+/m1/s1. The van der Waals surface area contributed by atoms with Crippen LogP contribution in [-0.2, 0) is 4.74 Å². The molecule has 0 radical (unpaired) electrons. The van der Waals surface area contributed by atoms with E-state index in [1.54, 1.807) is 13.1 Å². The fourth-order valence-electron chi connectivity index (χ4n) is 2.45. The summed E-state index contributed by atoms with van der Waals surface area (Å²) in [6.07, 6.45) is 3.45. The summed E-state index contributed by atoms with van der Waals surface area (Å²) < 4.78 is 16.5. The molecule has 1 fully saturated rings. The van der Waals surface area contributed by atoms with Gasteiger partial charge in [-0.25, -0.2) is 4.98 Å². The Bertz CT molecular complexity index is 668. The third kappa shape index (κ3) is 3.68. The minimum atomic E-state index is -0.314. The number of carbonyl (C=O) groups excluding carboxylic acids is 1. The second kappa shape index (κ2) is 6.78. The average molecular weight is 317 g/mol. The van der Waals surface area contributed by atoms with Crippen molar-refractivity contribution < 1.29 is 18.7 Å². The quantitative estimate of drug-likeness (QED) is 0.923. The van der Waals surface area contributed by atoms with Gasteiger partial charge in [-0.15, -0.1) is 0 Å². The molecule has 7 heteroatoms. The first-order valence-corrected chi connectivity index (χ1v) is 7.51. The van der Waals surface area contributed by atoms with E-state index in [1.807, 2.05) is 19.1 Å². The van der Waals surface area contributed by atoms with Gasteiger partial charge in [0.2, 0.25) is 5.76 Å². The molecular weight excluding hydrogens is 298 g/mol. The predicted molar refractivity (Wildman–Crippen MR) is 81.3 cm³/mol. The molecule has 0 aliphatic carbocycles. The van der Waals surface area contributed by atoms with E-state index in [0.717, 1.165) is 5.69 Å². The van der Waals surface area contributed by atoms with Gasteiger partial charge in [0, 0.05) is 12.1 Å². The molecule has 2 aromatic heterocycles. The van der Waals surface area contributed by atoms with Crippen molar-refractivity contribution in [3.8, 4) is 5.75 Å². The van der Waals surface area contributed by atoms with Gasteiger partial charge in [-0.3, -0.25) is 9.78 Å². The SMILES string of the molecule is Cc1ccc(O[C@H]2CCOC[C@H]2NC(=O)c2ocnc2C)cn1. The lowest BCUT2D eigenvalue weighted by atomic mass is 10.1. The molecule has 3 rings (SSSR count). The molecule has 0 unspecified atom stereocenters. The highest BCUT2D eigenvalue weighted by Gasteiger charge is 2.30. The Labute approximate surface area is 134 Å². The van der Waals surface area contributed by atoms with Gasteiger partial charge in [-0.05, 0) is 26.0 Å². The summed E-state index contributed by atoms with van der Waals surface area (Å²) >= 11 is 0. The Kier molecular flexibility index (Phi) is 4.57. The van der Waals surface area contributed by atoms with E-state index in [-0.39, 0.29) is 23.8 Å². The molecule has 2 atom stereocenters. The molecule has 2 aromatic rings. The zero-order valence-electron chi connectivity index (χ0n) is 13.1. The number of ether oxygens (including phenoxy) is 2. The maximum absolute atomic E-state index is 12.3. The van der Waals surface area contributed by atoms with Crippen LogP contribution in [0.15, 0.2) is 29.1 Å². The molecule has 1 saturated heterocycles. The molecule has 23 heavy (non-hydrogen) atoms. The van der Waals surface area contributed by atoms with Crippen molar-refractivity contribution in [2.24, 2.45) is 0 Å². The number of rotatable bonds is 4. The Hall–Kier alpha value is -2.41. The van der Waals surface area contributed by atoms with Crippen molar-refractivity contribution in [1.29, 1.82) is 0 Å². The van der Waals surface area contributed by atoms with Crippen molar-refractivity contribution in [3.05, 3.63) is 41.9 Å². The van der Waals surface area contributed by atoms with Gasteiger partial charge in [-0.2, -0.15) is 0 Å². The highest BCUT2D eigenvalue weighted by Crippen LogP contribution is 2.18. The van der Waals surface area contributed by atoms with E-state index in [4.69, 9.17) is 13.9 Å². The number of hydrogen-bond acceptors (Lipinski definition) is 6. The van der Waals surface area contributed by atoms with Crippen molar-refractivity contribution >= 4 is 5.91 Å². The van der Waals surface area contributed by atoms with Crippen LogP contribution in [0.2, 0.25) is 0 Å². The van der Waals surface area contributed by atoms with Gasteiger partial charge in [0.25, 0.3) is 5.91 Å². The third-order valence-electron chi connectivity index (χ3n) is 3.73. The van der Waals surface area contributed by atoms with E-state index < -0.39 is 0 Å². The lowest BCUT2D eigenvalue weighted by Crippen LogP contribution is -2.51. The monoisotopic (exact) mass is 317 g/mol. The number of aryl methyl sites for hydroxylation is 2. The average Bonchev–Trinajstić information content (AvgIpc) is 2.97. The Morgan fingerprint density at radius 1 is 1.35 bits per heavy atom. The van der Waals surface area contributed by atoms with Gasteiger partial charge in [0.1, 0.15) is 11.9 Å². The molecule has 0 aromatic carbocycles. The third-order valence-corrected chi connectivity index (χ3v) is 3.73. The Balaban J connectivity index is 1.67. The molecule has 1 N–H and O–H groups in total. The first-order chi connectivity index (χ1) is 11.1. The van der Waals surface area contributed by atoms with Crippen LogP contribution in [0.4, 0.5) is 0 Å². The lowest BCUT2D eigenvalue weighted by Gasteiger charge is -2.32. The van der Waals surface area contributed by atoms with Crippen molar-refractivity contribution in [2.75, 3.05) is 13.2 Å². The molecule has 122 valence electrons.